The summed E-state index contributed by atoms with van der Waals surface area (Å²) in [6.07, 6.45) is 3.86. The topological polar surface area (TPSA) is 33.1 Å². The first-order chi connectivity index (χ1) is 15.5. The number of rotatable bonds is 4. The molecule has 0 spiro atoms. The molecule has 2 aromatic carbocycles. The number of hydrogen-bond donors (Lipinski definition) is 1. The highest BCUT2D eigenvalue weighted by Gasteiger charge is 2.42. The minimum atomic E-state index is -0.275. The van der Waals surface area contributed by atoms with Crippen LogP contribution in [-0.4, -0.2) is 14.7 Å². The number of nitrogens with one attached hydrogen (secondary N) is 1. The van der Waals surface area contributed by atoms with Crippen LogP contribution in [0.3, 0.4) is 0 Å². The smallest absolute Gasteiger partial charge is 0.174 e. The largest absolute Gasteiger partial charge is 0.351 e. The number of benzene rings is 2. The Morgan fingerprint density at radius 2 is 1.69 bits per heavy atom. The van der Waals surface area contributed by atoms with E-state index in [2.05, 4.69) is 64.1 Å². The molecule has 160 valence electrons. The van der Waals surface area contributed by atoms with Gasteiger partial charge in [-0.25, -0.2) is 4.39 Å². The van der Waals surface area contributed by atoms with Gasteiger partial charge in [0.05, 0.1) is 11.7 Å². The number of pyridine rings is 1. The van der Waals surface area contributed by atoms with E-state index in [1.54, 1.807) is 18.3 Å². The number of nitrogens with zero attached hydrogens (tertiary/aromatic N) is 3. The summed E-state index contributed by atoms with van der Waals surface area (Å²) in [6, 6.07) is 22.6. The summed E-state index contributed by atoms with van der Waals surface area (Å²) < 4.78 is 15.9. The molecule has 0 saturated carbocycles. The average molecular weight is 443 g/mol. The van der Waals surface area contributed by atoms with Crippen LogP contribution in [0.5, 0.6) is 0 Å². The van der Waals surface area contributed by atoms with E-state index in [4.69, 9.17) is 12.2 Å². The van der Waals surface area contributed by atoms with Gasteiger partial charge in [-0.2, -0.15) is 0 Å². The average Bonchev–Trinajstić information content (AvgIpc) is 3.41. The van der Waals surface area contributed by atoms with Gasteiger partial charge in [-0.1, -0.05) is 12.1 Å². The molecule has 2 aromatic heterocycles. The quantitative estimate of drug-likeness (QED) is 0.405. The molecule has 0 bridgehead atoms. The van der Waals surface area contributed by atoms with Crippen molar-refractivity contribution in [2.45, 2.75) is 25.9 Å². The second-order valence-electron chi connectivity index (χ2n) is 8.04. The lowest BCUT2D eigenvalue weighted by atomic mass is 10.0. The lowest BCUT2D eigenvalue weighted by molar-refractivity contribution is 0.549. The number of halogens is 1. The molecule has 1 N–H and O–H groups in total. The van der Waals surface area contributed by atoms with Crippen LogP contribution in [0.15, 0.2) is 85.2 Å². The summed E-state index contributed by atoms with van der Waals surface area (Å²) in [4.78, 5) is 6.66. The summed E-state index contributed by atoms with van der Waals surface area (Å²) in [7, 11) is 0. The minimum absolute atomic E-state index is 0.158. The summed E-state index contributed by atoms with van der Waals surface area (Å²) >= 11 is 5.77. The molecule has 6 heteroatoms. The molecule has 32 heavy (non-hydrogen) atoms. The highest BCUT2D eigenvalue weighted by molar-refractivity contribution is 7.80. The first kappa shape index (κ1) is 20.4. The monoisotopic (exact) mass is 442 g/mol. The van der Waals surface area contributed by atoms with E-state index in [0.29, 0.717) is 5.11 Å². The van der Waals surface area contributed by atoms with Crippen LogP contribution in [0.1, 0.15) is 34.6 Å². The van der Waals surface area contributed by atoms with Gasteiger partial charge in [0.2, 0.25) is 0 Å². The van der Waals surface area contributed by atoms with Crippen LogP contribution in [0.4, 0.5) is 10.1 Å². The zero-order valence-electron chi connectivity index (χ0n) is 17.9. The summed E-state index contributed by atoms with van der Waals surface area (Å²) in [6.45, 7) is 4.23. The van der Waals surface area contributed by atoms with Crippen molar-refractivity contribution in [3.63, 3.8) is 0 Å². The van der Waals surface area contributed by atoms with Crippen LogP contribution in [0, 0.1) is 19.7 Å². The fraction of sp³-hybridized carbons (Fsp3) is 0.154. The third kappa shape index (κ3) is 3.56. The van der Waals surface area contributed by atoms with Crippen molar-refractivity contribution >= 4 is 23.0 Å². The molecule has 3 heterocycles. The molecular formula is C26H23FN4S. The van der Waals surface area contributed by atoms with E-state index in [1.807, 2.05) is 24.3 Å². The number of thiocarbonyl (C=S) groups is 1. The van der Waals surface area contributed by atoms with Crippen molar-refractivity contribution in [1.82, 2.24) is 14.9 Å². The fourth-order valence-electron chi connectivity index (χ4n) is 4.28. The first-order valence-corrected chi connectivity index (χ1v) is 10.9. The number of aryl methyl sites for hydroxylation is 2. The molecular weight excluding hydrogens is 419 g/mol. The predicted molar refractivity (Wildman–Crippen MR) is 130 cm³/mol. The van der Waals surface area contributed by atoms with Crippen molar-refractivity contribution in [3.05, 3.63) is 114 Å². The third-order valence-corrected chi connectivity index (χ3v) is 6.37. The van der Waals surface area contributed by atoms with Crippen molar-refractivity contribution < 1.29 is 4.39 Å². The van der Waals surface area contributed by atoms with E-state index in [0.717, 1.165) is 22.8 Å². The molecule has 1 fully saturated rings. The normalized spacial score (nSPS) is 18.1. The van der Waals surface area contributed by atoms with Gasteiger partial charge in [-0.3, -0.25) is 4.98 Å². The van der Waals surface area contributed by atoms with Gasteiger partial charge in [0.1, 0.15) is 11.9 Å². The number of aromatic nitrogens is 2. The molecule has 5 rings (SSSR count). The predicted octanol–water partition coefficient (Wildman–Crippen LogP) is 5.81. The zero-order valence-corrected chi connectivity index (χ0v) is 18.7. The maximum atomic E-state index is 13.7. The van der Waals surface area contributed by atoms with Crippen molar-refractivity contribution in [2.75, 3.05) is 4.90 Å². The summed E-state index contributed by atoms with van der Waals surface area (Å²) in [5.74, 6) is -0.275. The first-order valence-electron chi connectivity index (χ1n) is 10.5. The Bertz CT molecular complexity index is 1270. The highest BCUT2D eigenvalue weighted by Crippen LogP contribution is 2.42. The highest BCUT2D eigenvalue weighted by atomic mass is 32.1. The molecule has 4 aromatic rings. The van der Waals surface area contributed by atoms with Crippen LogP contribution < -0.4 is 10.2 Å². The molecule has 1 saturated heterocycles. The Kier molecular flexibility index (Phi) is 5.23. The van der Waals surface area contributed by atoms with Gasteiger partial charge in [-0.05, 0) is 97.9 Å². The van der Waals surface area contributed by atoms with E-state index in [-0.39, 0.29) is 17.9 Å². The van der Waals surface area contributed by atoms with Gasteiger partial charge in [0.25, 0.3) is 0 Å². The second kappa shape index (κ2) is 8.20. The van der Waals surface area contributed by atoms with Gasteiger partial charge in [0.15, 0.2) is 5.11 Å². The van der Waals surface area contributed by atoms with Crippen LogP contribution in [0.25, 0.3) is 5.69 Å². The lowest BCUT2D eigenvalue weighted by Gasteiger charge is -2.29. The van der Waals surface area contributed by atoms with Crippen LogP contribution >= 0.6 is 12.2 Å². The SMILES string of the molecule is Cc1ccc(-n2cccc2[C@@H]2[C@H](c3ccccn3)NC(=S)N2c2ccc(F)cc2)cc1C. The second-order valence-corrected chi connectivity index (χ2v) is 8.43. The van der Waals surface area contributed by atoms with Gasteiger partial charge < -0.3 is 14.8 Å². The van der Waals surface area contributed by atoms with Crippen molar-refractivity contribution in [1.29, 1.82) is 0 Å². The Labute approximate surface area is 192 Å². The van der Waals surface area contributed by atoms with E-state index >= 15 is 0 Å². The molecule has 2 atom stereocenters. The van der Waals surface area contributed by atoms with E-state index < -0.39 is 0 Å². The lowest BCUT2D eigenvalue weighted by Crippen LogP contribution is -2.30. The van der Waals surface area contributed by atoms with Gasteiger partial charge in [0, 0.05) is 29.5 Å². The Morgan fingerprint density at radius 3 is 2.41 bits per heavy atom. The zero-order chi connectivity index (χ0) is 22.2. The third-order valence-electron chi connectivity index (χ3n) is 6.05. The summed E-state index contributed by atoms with van der Waals surface area (Å²) in [5.41, 5.74) is 6.38. The standard InChI is InChI=1S/C26H23FN4S/c1-17-8-11-21(16-18(17)2)30-15-5-7-23(30)25-24(22-6-3-4-14-28-22)29-26(32)31(25)20-12-9-19(27)10-13-20/h3-16,24-25H,1-2H3,(H,29,32)/t24-,25+/m0/s1. The van der Waals surface area contributed by atoms with Crippen molar-refractivity contribution in [2.24, 2.45) is 0 Å². The Balaban J connectivity index is 1.67. The molecule has 0 aliphatic carbocycles. The maximum absolute atomic E-state index is 13.7. The van der Waals surface area contributed by atoms with Crippen LogP contribution in [-0.2, 0) is 0 Å². The number of hydrogen-bond acceptors (Lipinski definition) is 2. The Morgan fingerprint density at radius 1 is 0.906 bits per heavy atom. The van der Waals surface area contributed by atoms with Crippen molar-refractivity contribution in [3.8, 4) is 5.69 Å². The van der Waals surface area contributed by atoms with Crippen LogP contribution in [0.2, 0.25) is 0 Å². The van der Waals surface area contributed by atoms with E-state index in [1.165, 1.54) is 23.3 Å². The fourth-order valence-corrected chi connectivity index (χ4v) is 4.63. The Hall–Kier alpha value is -3.51. The molecule has 0 radical (unpaired) electrons. The van der Waals surface area contributed by atoms with Gasteiger partial charge >= 0.3 is 0 Å². The molecule has 0 amide bonds. The minimum Gasteiger partial charge on any atom is -0.351 e. The molecule has 4 nitrogen and oxygen atoms in total. The molecule has 1 aliphatic heterocycles. The van der Waals surface area contributed by atoms with E-state index in [9.17, 15) is 4.39 Å². The maximum Gasteiger partial charge on any atom is 0.174 e. The van der Waals surface area contributed by atoms with Gasteiger partial charge in [-0.15, -0.1) is 0 Å². The summed E-state index contributed by atoms with van der Waals surface area (Å²) in [5, 5.41) is 4.05. The number of anilines is 1. The molecule has 1 aliphatic rings. The molecule has 0 unspecified atom stereocenters.